The van der Waals surface area contributed by atoms with Crippen molar-refractivity contribution in [3.05, 3.63) is 83.4 Å². The molecule has 6 rings (SSSR count). The number of hydrogen-bond donors (Lipinski definition) is 1. The van der Waals surface area contributed by atoms with Gasteiger partial charge in [0.2, 0.25) is 0 Å². The average molecular weight is 887 g/mol. The number of amides is 2. The number of cyclic esters (lactones) is 1. The fourth-order valence-corrected chi connectivity index (χ4v) is 9.18. The lowest BCUT2D eigenvalue weighted by Gasteiger charge is -2.37. The van der Waals surface area contributed by atoms with E-state index in [4.69, 9.17) is 23.7 Å². The first-order valence-electron chi connectivity index (χ1n) is 21.7. The van der Waals surface area contributed by atoms with Gasteiger partial charge in [-0.05, 0) is 87.3 Å². The molecule has 1 aromatic heterocycles. The molecule has 15 heteroatoms. The van der Waals surface area contributed by atoms with E-state index in [9.17, 15) is 33.9 Å². The third-order valence-corrected chi connectivity index (χ3v) is 13.4. The summed E-state index contributed by atoms with van der Waals surface area (Å²) in [6, 6.07) is 12.3. The Balaban J connectivity index is 1.06. The van der Waals surface area contributed by atoms with Gasteiger partial charge in [0.15, 0.2) is 0 Å². The fraction of sp³-hybridized carbons (Fsp3) is 0.521. The van der Waals surface area contributed by atoms with Crippen LogP contribution in [0.4, 0.5) is 4.79 Å². The number of aliphatic hydroxyl groups is 1. The normalized spacial score (nSPS) is 26.5. The van der Waals surface area contributed by atoms with Crippen molar-refractivity contribution in [2.75, 3.05) is 6.54 Å². The van der Waals surface area contributed by atoms with Gasteiger partial charge in [0.1, 0.15) is 30.3 Å². The molecule has 2 amide bonds. The van der Waals surface area contributed by atoms with Gasteiger partial charge >= 0.3 is 18.1 Å². The van der Waals surface area contributed by atoms with Gasteiger partial charge < -0.3 is 28.8 Å². The fourth-order valence-electron chi connectivity index (χ4n) is 8.37. The van der Waals surface area contributed by atoms with Crippen molar-refractivity contribution in [2.24, 2.45) is 17.3 Å². The van der Waals surface area contributed by atoms with Crippen molar-refractivity contribution in [1.29, 1.82) is 0 Å². The second-order valence-corrected chi connectivity index (χ2v) is 18.8. The van der Waals surface area contributed by atoms with E-state index < -0.39 is 65.5 Å². The molecular formula is C48H58N2O12S. The predicted octanol–water partition coefficient (Wildman–Crippen LogP) is 8.21. The number of imide groups is 1. The molecule has 2 saturated heterocycles. The Bertz CT molecular complexity index is 2200. The summed E-state index contributed by atoms with van der Waals surface area (Å²) < 4.78 is 30.3. The van der Waals surface area contributed by atoms with E-state index in [0.717, 1.165) is 20.8 Å². The number of aryl methyl sites for hydroxylation is 1. The third kappa shape index (κ3) is 12.1. The molecule has 7 atom stereocenters. The molecule has 338 valence electrons. The van der Waals surface area contributed by atoms with Crippen molar-refractivity contribution in [3.8, 4) is 5.75 Å². The molecule has 3 aliphatic heterocycles. The average Bonchev–Trinajstić information content (AvgIpc) is 3.52. The predicted molar refractivity (Wildman–Crippen MR) is 233 cm³/mol. The Labute approximate surface area is 371 Å². The van der Waals surface area contributed by atoms with Crippen LogP contribution >= 0.6 is 11.3 Å². The molecule has 14 nitrogen and oxygen atoms in total. The number of rotatable bonds is 13. The summed E-state index contributed by atoms with van der Waals surface area (Å²) in [5.74, 6) is -3.05. The van der Waals surface area contributed by atoms with Crippen LogP contribution < -0.4 is 4.74 Å². The molecular weight excluding hydrogens is 829 g/mol. The number of carbonyl (C=O) groups excluding carboxylic acids is 6. The van der Waals surface area contributed by atoms with Crippen LogP contribution in [0.25, 0.3) is 10.2 Å². The molecule has 2 fully saturated rings. The maximum atomic E-state index is 14.5. The van der Waals surface area contributed by atoms with Gasteiger partial charge in [0, 0.05) is 31.5 Å². The van der Waals surface area contributed by atoms with Crippen LogP contribution in [0, 0.1) is 24.2 Å². The second kappa shape index (κ2) is 20.5. The quantitative estimate of drug-likeness (QED) is 0.0432. The molecule has 0 spiro atoms. The molecule has 63 heavy (non-hydrogen) atoms. The lowest BCUT2D eigenvalue weighted by molar-refractivity contribution is -0.157. The zero-order chi connectivity index (χ0) is 45.5. The zero-order valence-electron chi connectivity index (χ0n) is 36.7. The van der Waals surface area contributed by atoms with Crippen LogP contribution in [0.5, 0.6) is 5.75 Å². The Morgan fingerprint density at radius 3 is 2.48 bits per heavy atom. The molecule has 0 saturated carbocycles. The molecule has 3 aliphatic rings. The minimum atomic E-state index is -1.45. The van der Waals surface area contributed by atoms with Crippen LogP contribution in [0.2, 0.25) is 0 Å². The number of thiazole rings is 1. The van der Waals surface area contributed by atoms with Crippen molar-refractivity contribution in [1.82, 2.24) is 9.88 Å². The van der Waals surface area contributed by atoms with Gasteiger partial charge in [0.05, 0.1) is 50.8 Å². The highest BCUT2D eigenvalue weighted by Crippen LogP contribution is 2.47. The second-order valence-electron chi connectivity index (χ2n) is 17.6. The third-order valence-electron chi connectivity index (χ3n) is 12.4. The molecule has 0 radical (unpaired) electrons. The van der Waals surface area contributed by atoms with Crippen LogP contribution in [0.1, 0.15) is 114 Å². The number of benzene rings is 2. The number of allylic oxidation sites excluding steroid dienone is 1. The summed E-state index contributed by atoms with van der Waals surface area (Å²) in [6.45, 7) is 13.1. The summed E-state index contributed by atoms with van der Waals surface area (Å²) in [4.78, 5) is 83.0. The largest absolute Gasteiger partial charge is 0.508 e. The van der Waals surface area contributed by atoms with E-state index in [0.29, 0.717) is 62.8 Å². The summed E-state index contributed by atoms with van der Waals surface area (Å²) in [7, 11) is 0. The van der Waals surface area contributed by atoms with Crippen molar-refractivity contribution >= 4 is 57.2 Å². The van der Waals surface area contributed by atoms with Crippen molar-refractivity contribution < 1.29 is 57.6 Å². The SMILES string of the molecule is C=CCC1C(=O)C(C)(C)C(O)CC(=O)OC(c2ccc3sc(C)nc3c2)CC2OC2(C)CCCC(C)C1OC(=O)OCc1ccc(OC(=O)CCCCCN2C(=O)C=CC2=O)cc1. The summed E-state index contributed by atoms with van der Waals surface area (Å²) in [5.41, 5.74) is 0.278. The lowest BCUT2D eigenvalue weighted by atomic mass is 9.71. The van der Waals surface area contributed by atoms with Crippen LogP contribution in [0.3, 0.4) is 0 Å². The van der Waals surface area contributed by atoms with E-state index in [-0.39, 0.29) is 43.3 Å². The van der Waals surface area contributed by atoms with E-state index >= 15 is 0 Å². The summed E-state index contributed by atoms with van der Waals surface area (Å²) in [6.07, 6.45) is 3.86. The first-order chi connectivity index (χ1) is 30.0. The van der Waals surface area contributed by atoms with Gasteiger partial charge in [-0.15, -0.1) is 17.9 Å². The molecule has 3 aromatic rings. The number of aliphatic hydroxyl groups excluding tert-OH is 1. The van der Waals surface area contributed by atoms with Crippen molar-refractivity contribution in [2.45, 2.75) is 135 Å². The first kappa shape index (κ1) is 47.2. The van der Waals surface area contributed by atoms with Gasteiger partial charge in [-0.3, -0.25) is 28.9 Å². The number of aromatic nitrogens is 1. The Hall–Kier alpha value is -5.25. The molecule has 0 bridgehead atoms. The van der Waals surface area contributed by atoms with Crippen LogP contribution in [-0.2, 0) is 49.5 Å². The number of esters is 2. The zero-order valence-corrected chi connectivity index (χ0v) is 37.5. The van der Waals surface area contributed by atoms with E-state index in [1.165, 1.54) is 17.1 Å². The Morgan fingerprint density at radius 2 is 1.76 bits per heavy atom. The topological polar surface area (TPSA) is 188 Å². The number of nitrogens with zero attached hydrogens (tertiary/aromatic N) is 2. The van der Waals surface area contributed by atoms with Gasteiger partial charge in [0.25, 0.3) is 11.8 Å². The van der Waals surface area contributed by atoms with Crippen LogP contribution in [0.15, 0.2) is 67.3 Å². The highest BCUT2D eigenvalue weighted by molar-refractivity contribution is 7.18. The van der Waals surface area contributed by atoms with E-state index in [1.54, 1.807) is 55.5 Å². The van der Waals surface area contributed by atoms with E-state index in [2.05, 4.69) is 11.6 Å². The summed E-state index contributed by atoms with van der Waals surface area (Å²) >= 11 is 1.58. The maximum absolute atomic E-state index is 14.5. The number of unbranched alkanes of at least 4 members (excludes halogenated alkanes) is 2. The highest BCUT2D eigenvalue weighted by Gasteiger charge is 2.53. The molecule has 2 aromatic carbocycles. The molecule has 0 aliphatic carbocycles. The number of ketones is 1. The number of ether oxygens (including phenoxy) is 5. The monoisotopic (exact) mass is 886 g/mol. The number of hydrogen-bond acceptors (Lipinski definition) is 14. The molecule has 4 heterocycles. The van der Waals surface area contributed by atoms with Crippen LogP contribution in [-0.4, -0.2) is 81.1 Å². The number of fused-ring (bicyclic) bond motifs is 2. The lowest BCUT2D eigenvalue weighted by Crippen LogP contribution is -2.47. The standard InChI is InChI=1S/C48H58N2O12S/c1-7-12-34-44(61-46(57)58-28-31-15-18-33(19-16-31)59-42(54)14-9-8-10-24-50-40(52)21-22-41(50)53)29(2)13-11-23-48(6)39(62-48)26-36(32-17-20-37-35(25-32)49-30(3)63-37)60-43(55)27-38(51)47(4,5)45(34)56/h7,15-22,25,29,34,36,38-39,44,51H,1,8-14,23-24,26-28H2,2-6H3. The van der Waals surface area contributed by atoms with Gasteiger partial charge in [-0.25, -0.2) is 9.78 Å². The number of epoxide rings is 1. The Kier molecular flexibility index (Phi) is 15.4. The van der Waals surface area contributed by atoms with Gasteiger partial charge in [-0.1, -0.05) is 57.9 Å². The number of carbonyl (C=O) groups is 6. The Morgan fingerprint density at radius 1 is 1.03 bits per heavy atom. The highest BCUT2D eigenvalue weighted by atomic mass is 32.1. The molecule has 1 N–H and O–H groups in total. The minimum Gasteiger partial charge on any atom is -0.457 e. The first-order valence-corrected chi connectivity index (χ1v) is 22.5. The smallest absolute Gasteiger partial charge is 0.457 e. The maximum Gasteiger partial charge on any atom is 0.508 e. The molecule has 7 unspecified atom stereocenters. The van der Waals surface area contributed by atoms with Gasteiger partial charge in [-0.2, -0.15) is 0 Å². The minimum absolute atomic E-state index is 0.143. The number of Topliss-reactive ketones (excluding diaryl/α,β-unsaturated/α-hetero) is 1. The van der Waals surface area contributed by atoms with Crippen molar-refractivity contribution in [3.63, 3.8) is 0 Å². The van der Waals surface area contributed by atoms with E-state index in [1.807, 2.05) is 39.0 Å². The summed E-state index contributed by atoms with van der Waals surface area (Å²) in [5, 5.41) is 12.5.